The second-order valence-corrected chi connectivity index (χ2v) is 3.08. The summed E-state index contributed by atoms with van der Waals surface area (Å²) in [6.07, 6.45) is 5.66. The topological polar surface area (TPSA) is 23.8 Å². The van der Waals surface area contributed by atoms with Crippen molar-refractivity contribution in [1.82, 2.24) is 0 Å². The van der Waals surface area contributed by atoms with Crippen molar-refractivity contribution in [2.24, 2.45) is 5.92 Å². The second kappa shape index (κ2) is 3.64. The van der Waals surface area contributed by atoms with Crippen LogP contribution in [0.15, 0.2) is 22.8 Å². The molecular weight excluding hydrogens is 156 g/mol. The molecular formula is C8H9BClN. The average molecular weight is 165 g/mol. The molecule has 1 nitrogen and oxygen atoms in total. The molecule has 56 valence electrons. The number of allylic oxidation sites excluding steroid dienone is 4. The van der Waals surface area contributed by atoms with E-state index in [9.17, 15) is 0 Å². The van der Waals surface area contributed by atoms with Crippen LogP contribution in [0.3, 0.4) is 0 Å². The zero-order valence-corrected chi connectivity index (χ0v) is 7.23. The molecule has 0 bridgehead atoms. The molecule has 0 heterocycles. The van der Waals surface area contributed by atoms with Gasteiger partial charge < -0.3 is 0 Å². The Bertz CT molecular complexity index is 249. The van der Waals surface area contributed by atoms with Gasteiger partial charge in [0.05, 0.1) is 6.07 Å². The van der Waals surface area contributed by atoms with E-state index in [0.29, 0.717) is 11.0 Å². The molecule has 0 aromatic heterocycles. The van der Waals surface area contributed by atoms with Crippen LogP contribution in [0.25, 0.3) is 0 Å². The van der Waals surface area contributed by atoms with Crippen molar-refractivity contribution >= 4 is 19.4 Å². The molecule has 0 saturated heterocycles. The van der Waals surface area contributed by atoms with E-state index < -0.39 is 0 Å². The zero-order valence-electron chi connectivity index (χ0n) is 6.47. The summed E-state index contributed by atoms with van der Waals surface area (Å²) in [5, 5.41) is 9.41. The largest absolute Gasteiger partial charge is 0.193 e. The lowest BCUT2D eigenvalue weighted by molar-refractivity contribution is 0.705. The molecule has 0 fully saturated rings. The lowest BCUT2D eigenvalue weighted by atomic mass is 9.81. The number of rotatable bonds is 1. The average Bonchev–Trinajstić information content (AvgIpc) is 2.04. The number of halogens is 1. The summed E-state index contributed by atoms with van der Waals surface area (Å²) in [6, 6.07) is 2.17. The van der Waals surface area contributed by atoms with E-state index in [1.807, 2.05) is 6.08 Å². The molecule has 0 spiro atoms. The molecule has 1 atom stereocenters. The highest BCUT2D eigenvalue weighted by Crippen LogP contribution is 2.26. The fraction of sp³-hybridized carbons (Fsp3) is 0.375. The first-order valence-electron chi connectivity index (χ1n) is 3.75. The van der Waals surface area contributed by atoms with Gasteiger partial charge in [-0.25, -0.2) is 0 Å². The molecule has 0 aromatic rings. The van der Waals surface area contributed by atoms with E-state index in [-0.39, 0.29) is 0 Å². The van der Waals surface area contributed by atoms with Gasteiger partial charge in [-0.1, -0.05) is 24.0 Å². The van der Waals surface area contributed by atoms with Crippen molar-refractivity contribution in [2.45, 2.75) is 12.7 Å². The highest BCUT2D eigenvalue weighted by molar-refractivity contribution is 6.31. The highest BCUT2D eigenvalue weighted by atomic mass is 35.5. The van der Waals surface area contributed by atoms with Crippen LogP contribution in [0.4, 0.5) is 0 Å². The van der Waals surface area contributed by atoms with Crippen LogP contribution in [0, 0.1) is 17.2 Å². The van der Waals surface area contributed by atoms with Gasteiger partial charge in [-0.2, -0.15) is 5.26 Å². The summed E-state index contributed by atoms with van der Waals surface area (Å²) in [6.45, 7) is 0. The fourth-order valence-electron chi connectivity index (χ4n) is 1.22. The molecule has 0 N–H and O–H groups in total. The van der Waals surface area contributed by atoms with Crippen LogP contribution in [0.5, 0.6) is 0 Å². The van der Waals surface area contributed by atoms with Gasteiger partial charge in [-0.3, -0.25) is 0 Å². The lowest BCUT2D eigenvalue weighted by Crippen LogP contribution is -2.04. The second-order valence-electron chi connectivity index (χ2n) is 2.64. The summed E-state index contributed by atoms with van der Waals surface area (Å²) < 4.78 is 0. The van der Waals surface area contributed by atoms with Crippen LogP contribution in [0.2, 0.25) is 6.32 Å². The van der Waals surface area contributed by atoms with E-state index in [2.05, 4.69) is 13.9 Å². The third-order valence-electron chi connectivity index (χ3n) is 1.95. The normalized spacial score (nSPS) is 23.5. The van der Waals surface area contributed by atoms with E-state index in [1.165, 1.54) is 0 Å². The Hall–Kier alpha value is -0.675. The maximum atomic E-state index is 8.71. The first-order valence-corrected chi connectivity index (χ1v) is 4.13. The summed E-state index contributed by atoms with van der Waals surface area (Å²) in [7, 11) is 2.09. The summed E-state index contributed by atoms with van der Waals surface area (Å²) in [5.41, 5.74) is 0.819. The van der Waals surface area contributed by atoms with Gasteiger partial charge in [0.25, 0.3) is 0 Å². The van der Waals surface area contributed by atoms with Crippen LogP contribution >= 0.6 is 11.6 Å². The molecule has 1 aliphatic rings. The Balaban J connectivity index is 2.82. The van der Waals surface area contributed by atoms with Crippen molar-refractivity contribution in [3.8, 4) is 6.07 Å². The van der Waals surface area contributed by atoms with Gasteiger partial charge in [0.1, 0.15) is 7.85 Å². The summed E-state index contributed by atoms with van der Waals surface area (Å²) in [5.74, 6) is 0.391. The summed E-state index contributed by atoms with van der Waals surface area (Å²) >= 11 is 5.75. The van der Waals surface area contributed by atoms with Crippen molar-refractivity contribution < 1.29 is 0 Å². The third kappa shape index (κ3) is 1.88. The molecule has 0 saturated carbocycles. The number of nitrogens with zero attached hydrogens (tertiary/aromatic N) is 1. The smallest absolute Gasteiger partial charge is 0.102 e. The van der Waals surface area contributed by atoms with Gasteiger partial charge in [-0.05, 0) is 18.4 Å². The summed E-state index contributed by atoms with van der Waals surface area (Å²) in [4.78, 5) is 0. The molecule has 0 radical (unpaired) electrons. The van der Waals surface area contributed by atoms with Gasteiger partial charge >= 0.3 is 0 Å². The SMILES string of the molecule is BCC1CC=C(Cl)C=C1C#N. The van der Waals surface area contributed by atoms with Crippen molar-refractivity contribution in [3.05, 3.63) is 22.8 Å². The first-order chi connectivity index (χ1) is 5.27. The van der Waals surface area contributed by atoms with E-state index in [4.69, 9.17) is 16.9 Å². The number of hydrogen-bond donors (Lipinski definition) is 0. The molecule has 1 rings (SSSR count). The Labute approximate surface area is 72.8 Å². The molecule has 0 aromatic carbocycles. The molecule has 1 unspecified atom stereocenters. The Morgan fingerprint density at radius 2 is 2.55 bits per heavy atom. The minimum atomic E-state index is 0.391. The minimum absolute atomic E-state index is 0.391. The van der Waals surface area contributed by atoms with Crippen LogP contribution in [-0.4, -0.2) is 7.85 Å². The Kier molecular flexibility index (Phi) is 2.79. The molecule has 0 aliphatic heterocycles. The van der Waals surface area contributed by atoms with Crippen molar-refractivity contribution in [1.29, 1.82) is 5.26 Å². The number of hydrogen-bond acceptors (Lipinski definition) is 1. The van der Waals surface area contributed by atoms with Crippen molar-refractivity contribution in [2.75, 3.05) is 0 Å². The standard InChI is InChI=1S/C8H9BClN/c9-4-6-1-2-8(10)3-7(6)5-11/h2-3,6H,1,4,9H2. The zero-order chi connectivity index (χ0) is 8.27. The predicted octanol–water partition coefficient (Wildman–Crippen LogP) is 1.63. The molecule has 3 heteroatoms. The van der Waals surface area contributed by atoms with Gasteiger partial charge in [0.2, 0.25) is 0 Å². The minimum Gasteiger partial charge on any atom is -0.193 e. The van der Waals surface area contributed by atoms with Crippen molar-refractivity contribution in [3.63, 3.8) is 0 Å². The Morgan fingerprint density at radius 1 is 1.82 bits per heavy atom. The highest BCUT2D eigenvalue weighted by Gasteiger charge is 2.14. The first kappa shape index (κ1) is 8.42. The Morgan fingerprint density at radius 3 is 3.09 bits per heavy atom. The van der Waals surface area contributed by atoms with Crippen LogP contribution in [0.1, 0.15) is 6.42 Å². The predicted molar refractivity (Wildman–Crippen MR) is 49.1 cm³/mol. The lowest BCUT2D eigenvalue weighted by Gasteiger charge is -2.14. The van der Waals surface area contributed by atoms with Crippen LogP contribution in [-0.2, 0) is 0 Å². The molecule has 0 amide bonds. The van der Waals surface area contributed by atoms with E-state index >= 15 is 0 Å². The van der Waals surface area contributed by atoms with E-state index in [0.717, 1.165) is 18.3 Å². The number of nitriles is 1. The molecule has 1 aliphatic carbocycles. The maximum absolute atomic E-state index is 8.71. The van der Waals surface area contributed by atoms with E-state index in [1.54, 1.807) is 6.08 Å². The van der Waals surface area contributed by atoms with Gasteiger partial charge in [0.15, 0.2) is 0 Å². The quantitative estimate of drug-likeness (QED) is 0.542. The van der Waals surface area contributed by atoms with Gasteiger partial charge in [0, 0.05) is 10.6 Å². The van der Waals surface area contributed by atoms with Crippen LogP contribution < -0.4 is 0 Å². The maximum Gasteiger partial charge on any atom is 0.102 e. The monoisotopic (exact) mass is 165 g/mol. The molecule has 11 heavy (non-hydrogen) atoms. The third-order valence-corrected chi connectivity index (χ3v) is 2.22. The van der Waals surface area contributed by atoms with Gasteiger partial charge in [-0.15, -0.1) is 0 Å². The fourth-order valence-corrected chi connectivity index (χ4v) is 1.42.